The summed E-state index contributed by atoms with van der Waals surface area (Å²) in [5.41, 5.74) is 3.67. The molecule has 0 aliphatic carbocycles. The third kappa shape index (κ3) is 14.2. The molecule has 0 saturated heterocycles. The van der Waals surface area contributed by atoms with Crippen LogP contribution >= 0.6 is 11.8 Å². The van der Waals surface area contributed by atoms with Gasteiger partial charge in [0, 0.05) is 47.3 Å². The molecule has 172 valence electrons. The van der Waals surface area contributed by atoms with E-state index in [2.05, 4.69) is 83.7 Å². The lowest BCUT2D eigenvalue weighted by Gasteiger charge is -2.18. The number of H-pyrrole nitrogens is 1. The maximum atomic E-state index is 4.24. The van der Waals surface area contributed by atoms with Crippen molar-refractivity contribution in [3.63, 3.8) is 0 Å². The molecule has 1 aromatic carbocycles. The van der Waals surface area contributed by atoms with E-state index in [1.165, 1.54) is 23.5 Å². The van der Waals surface area contributed by atoms with Crippen LogP contribution in [0.15, 0.2) is 36.7 Å². The van der Waals surface area contributed by atoms with Gasteiger partial charge in [0.1, 0.15) is 0 Å². The third-order valence-electron chi connectivity index (χ3n) is 4.14. The molecule has 0 aliphatic rings. The molecular formula is C23H49N5S. The molecule has 0 atom stereocenters. The Morgan fingerprint density at radius 3 is 2.31 bits per heavy atom. The Morgan fingerprint density at radius 2 is 1.72 bits per heavy atom. The fourth-order valence-corrected chi connectivity index (χ4v) is 3.37. The summed E-state index contributed by atoms with van der Waals surface area (Å²) in [4.78, 5) is 9.61. The average molecular weight is 428 g/mol. The molecule has 1 heterocycles. The first-order valence-corrected chi connectivity index (χ1v) is 12.1. The van der Waals surface area contributed by atoms with Crippen LogP contribution in [-0.4, -0.2) is 55.5 Å². The first kappa shape index (κ1) is 27.5. The normalized spacial score (nSPS) is 9.86. The molecule has 0 aliphatic heterocycles. The number of aromatic nitrogens is 2. The van der Waals surface area contributed by atoms with Crippen molar-refractivity contribution < 1.29 is 4.28 Å². The number of hydrogen-bond acceptors (Lipinski definition) is 5. The minimum atomic E-state index is 0. The van der Waals surface area contributed by atoms with Gasteiger partial charge in [-0.3, -0.25) is 0 Å². The monoisotopic (exact) mass is 427 g/mol. The minimum absolute atomic E-state index is 0. The van der Waals surface area contributed by atoms with E-state index in [4.69, 9.17) is 0 Å². The van der Waals surface area contributed by atoms with Crippen molar-refractivity contribution in [1.29, 1.82) is 0 Å². The van der Waals surface area contributed by atoms with E-state index in [-0.39, 0.29) is 4.28 Å². The van der Waals surface area contributed by atoms with E-state index in [0.717, 1.165) is 44.2 Å². The number of nitrogens with zero attached hydrogens (tertiary/aromatic N) is 2. The van der Waals surface area contributed by atoms with Gasteiger partial charge in [-0.2, -0.15) is 11.8 Å². The molecule has 0 fully saturated rings. The highest BCUT2D eigenvalue weighted by molar-refractivity contribution is 7.98. The summed E-state index contributed by atoms with van der Waals surface area (Å²) in [5, 5.41) is 6.62. The minimum Gasteiger partial charge on any atom is -0.375 e. The zero-order valence-electron chi connectivity index (χ0n) is 19.4. The number of benzene rings is 1. The Balaban J connectivity index is -0.000000209. The smallest absolute Gasteiger partial charge is 0.0925 e. The molecule has 5 nitrogen and oxygen atoms in total. The highest BCUT2D eigenvalue weighted by Crippen LogP contribution is 2.11. The standard InChI is InChI=1S/C12H20N2.C9H17N3S.C2H6.3H2/c1-3-13-10-7-11-14(2)12-8-5-4-6-9-12;1-3-10-4-5-13-6-9-8(2)11-7-12-9;1-2;;;/h4-6,8-9,13H,3,7,10-11H2,1-2H3;7,10H,3-6H2,1-2H3,(H,11,12);1-2H3;3*1H. The number of aryl methyl sites for hydroxylation is 1. The fourth-order valence-electron chi connectivity index (χ4n) is 2.45. The van der Waals surface area contributed by atoms with Crippen LogP contribution in [0.3, 0.4) is 0 Å². The molecule has 0 amide bonds. The maximum Gasteiger partial charge on any atom is 0.0925 e. The van der Waals surface area contributed by atoms with E-state index >= 15 is 0 Å². The zero-order chi connectivity index (χ0) is 21.7. The third-order valence-corrected chi connectivity index (χ3v) is 5.11. The molecule has 2 aromatic rings. The summed E-state index contributed by atoms with van der Waals surface area (Å²) in [6, 6.07) is 10.5. The number of thioether (sulfide) groups is 1. The van der Waals surface area contributed by atoms with Crippen LogP contribution in [0.4, 0.5) is 5.69 Å². The summed E-state index contributed by atoms with van der Waals surface area (Å²) < 4.78 is 0. The number of para-hydroxylation sites is 1. The van der Waals surface area contributed by atoms with Gasteiger partial charge in [-0.15, -0.1) is 0 Å². The molecule has 2 rings (SSSR count). The Bertz CT molecular complexity index is 588. The van der Waals surface area contributed by atoms with Crippen LogP contribution in [0.1, 0.15) is 49.8 Å². The van der Waals surface area contributed by atoms with Crippen LogP contribution in [0.2, 0.25) is 0 Å². The van der Waals surface area contributed by atoms with Crippen molar-refractivity contribution in [3.05, 3.63) is 48.0 Å². The topological polar surface area (TPSA) is 56.0 Å². The molecule has 1 aromatic heterocycles. The van der Waals surface area contributed by atoms with Crippen LogP contribution in [0.25, 0.3) is 0 Å². The first-order valence-electron chi connectivity index (χ1n) is 10.9. The molecule has 0 unspecified atom stereocenters. The number of nitrogens with one attached hydrogen (secondary N) is 3. The Hall–Kier alpha value is -1.50. The zero-order valence-corrected chi connectivity index (χ0v) is 20.2. The number of anilines is 1. The fraction of sp³-hybridized carbons (Fsp3) is 0.609. The van der Waals surface area contributed by atoms with E-state index in [9.17, 15) is 0 Å². The van der Waals surface area contributed by atoms with Gasteiger partial charge in [0.2, 0.25) is 0 Å². The predicted octanol–water partition coefficient (Wildman–Crippen LogP) is 5.45. The van der Waals surface area contributed by atoms with Crippen LogP contribution in [-0.2, 0) is 5.75 Å². The van der Waals surface area contributed by atoms with Crippen molar-refractivity contribution in [3.8, 4) is 0 Å². The van der Waals surface area contributed by atoms with E-state index in [1.807, 2.05) is 25.6 Å². The van der Waals surface area contributed by atoms with Gasteiger partial charge in [0.05, 0.1) is 12.0 Å². The van der Waals surface area contributed by atoms with Gasteiger partial charge < -0.3 is 20.5 Å². The highest BCUT2D eigenvalue weighted by atomic mass is 32.2. The average Bonchev–Trinajstić information content (AvgIpc) is 3.18. The second-order valence-corrected chi connectivity index (χ2v) is 7.45. The van der Waals surface area contributed by atoms with Gasteiger partial charge >= 0.3 is 0 Å². The predicted molar refractivity (Wildman–Crippen MR) is 139 cm³/mol. The van der Waals surface area contributed by atoms with E-state index in [1.54, 1.807) is 6.33 Å². The second-order valence-electron chi connectivity index (χ2n) is 6.34. The Labute approximate surface area is 187 Å². The number of aromatic amines is 1. The van der Waals surface area contributed by atoms with Gasteiger partial charge in [0.25, 0.3) is 0 Å². The molecule has 0 bridgehead atoms. The number of imidazole rings is 1. The molecule has 0 saturated carbocycles. The van der Waals surface area contributed by atoms with Crippen molar-refractivity contribution in [1.82, 2.24) is 20.6 Å². The highest BCUT2D eigenvalue weighted by Gasteiger charge is 2.00. The lowest BCUT2D eigenvalue weighted by Crippen LogP contribution is -2.23. The molecule has 3 N–H and O–H groups in total. The van der Waals surface area contributed by atoms with Crippen LogP contribution in [0.5, 0.6) is 0 Å². The summed E-state index contributed by atoms with van der Waals surface area (Å²) >= 11 is 1.92. The van der Waals surface area contributed by atoms with Crippen molar-refractivity contribution in [2.24, 2.45) is 0 Å². The lowest BCUT2D eigenvalue weighted by molar-refractivity contribution is 0.667. The summed E-state index contributed by atoms with van der Waals surface area (Å²) in [7, 11) is 2.14. The number of rotatable bonds is 12. The van der Waals surface area contributed by atoms with Crippen molar-refractivity contribution in [2.75, 3.05) is 50.4 Å². The largest absolute Gasteiger partial charge is 0.375 e. The van der Waals surface area contributed by atoms with Gasteiger partial charge in [0.15, 0.2) is 0 Å². The van der Waals surface area contributed by atoms with Gasteiger partial charge in [-0.1, -0.05) is 45.9 Å². The molecule has 0 spiro atoms. The van der Waals surface area contributed by atoms with Crippen molar-refractivity contribution >= 4 is 17.4 Å². The second kappa shape index (κ2) is 19.8. The Kier molecular flexibility index (Phi) is 18.8. The van der Waals surface area contributed by atoms with Crippen LogP contribution < -0.4 is 15.5 Å². The molecule has 29 heavy (non-hydrogen) atoms. The summed E-state index contributed by atoms with van der Waals surface area (Å²) in [6.45, 7) is 15.8. The molecule has 6 heteroatoms. The molecule has 0 radical (unpaired) electrons. The van der Waals surface area contributed by atoms with Gasteiger partial charge in [-0.25, -0.2) is 4.98 Å². The lowest BCUT2D eigenvalue weighted by atomic mass is 10.3. The maximum absolute atomic E-state index is 4.24. The van der Waals surface area contributed by atoms with Crippen LogP contribution in [0, 0.1) is 6.92 Å². The van der Waals surface area contributed by atoms with E-state index < -0.39 is 0 Å². The molecular weight excluding hydrogens is 378 g/mol. The summed E-state index contributed by atoms with van der Waals surface area (Å²) in [6.07, 6.45) is 2.95. The van der Waals surface area contributed by atoms with Crippen molar-refractivity contribution in [2.45, 2.75) is 46.8 Å². The summed E-state index contributed by atoms with van der Waals surface area (Å²) in [5.74, 6) is 2.17. The SMILES string of the molecule is CC.CCNCCCN(C)c1ccccc1.CCNCCSCc1nc[nH]c1C.[HH].[HH].[HH]. The number of hydrogen-bond donors (Lipinski definition) is 3. The van der Waals surface area contributed by atoms with Gasteiger partial charge in [-0.05, 0) is 45.1 Å². The Morgan fingerprint density at radius 1 is 1.07 bits per heavy atom. The van der Waals surface area contributed by atoms with E-state index in [0.29, 0.717) is 0 Å². The quantitative estimate of drug-likeness (QED) is 0.393. The first-order chi connectivity index (χ1) is 14.2.